The van der Waals surface area contributed by atoms with Crippen LogP contribution in [0.4, 0.5) is 0 Å². The number of rotatable bonds is 8. The number of terminal acetylenes is 1. The third-order valence-corrected chi connectivity index (χ3v) is 2.35. The molecule has 0 saturated heterocycles. The van der Waals surface area contributed by atoms with E-state index in [4.69, 9.17) is 12.2 Å². The summed E-state index contributed by atoms with van der Waals surface area (Å²) in [6, 6.07) is 0. The maximum absolute atomic E-state index is 11.3. The van der Waals surface area contributed by atoms with E-state index < -0.39 is 0 Å². The van der Waals surface area contributed by atoms with Gasteiger partial charge in [0.2, 0.25) is 0 Å². The van der Waals surface area contributed by atoms with Crippen molar-refractivity contribution < 1.29 is 4.79 Å². The molecule has 0 fully saturated rings. The summed E-state index contributed by atoms with van der Waals surface area (Å²) in [5.74, 6) is 3.44. The minimum Gasteiger partial charge on any atom is -0.330 e. The van der Waals surface area contributed by atoms with Gasteiger partial charge in [-0.1, -0.05) is 6.92 Å². The van der Waals surface area contributed by atoms with E-state index in [1.165, 1.54) is 0 Å². The summed E-state index contributed by atoms with van der Waals surface area (Å²) >= 11 is 0. The third-order valence-electron chi connectivity index (χ3n) is 2.35. The van der Waals surface area contributed by atoms with Crippen LogP contribution in [0.15, 0.2) is 0 Å². The first-order valence-corrected chi connectivity index (χ1v) is 5.36. The lowest BCUT2D eigenvalue weighted by Gasteiger charge is -2.08. The summed E-state index contributed by atoms with van der Waals surface area (Å²) in [4.78, 5) is 11.3. The van der Waals surface area contributed by atoms with Gasteiger partial charge in [-0.15, -0.1) is 12.3 Å². The number of Topliss-reactive ketones (excluding diaryl/α,β-unsaturated/α-hetero) is 1. The van der Waals surface area contributed by atoms with Crippen LogP contribution in [0.3, 0.4) is 0 Å². The molecule has 2 N–H and O–H groups in total. The van der Waals surface area contributed by atoms with Gasteiger partial charge in [0, 0.05) is 19.3 Å². The molecule has 2 nitrogen and oxygen atoms in total. The molecule has 1 unspecified atom stereocenters. The molecule has 0 aliphatic rings. The number of carbonyl (C=O) groups is 1. The van der Waals surface area contributed by atoms with Crippen LogP contribution in [0.1, 0.15) is 45.4 Å². The minimum absolute atomic E-state index is 0.337. The minimum atomic E-state index is 0.337. The summed E-state index contributed by atoms with van der Waals surface area (Å²) in [5, 5.41) is 0. The first-order valence-electron chi connectivity index (χ1n) is 5.36. The molecule has 0 aromatic heterocycles. The lowest BCUT2D eigenvalue weighted by molar-refractivity contribution is -0.119. The number of unbranched alkanes of at least 4 members (excludes halogenated alkanes) is 1. The number of carbonyl (C=O) groups excluding carboxylic acids is 1. The maximum Gasteiger partial charge on any atom is 0.132 e. The van der Waals surface area contributed by atoms with Gasteiger partial charge in [-0.25, -0.2) is 0 Å². The van der Waals surface area contributed by atoms with Crippen molar-refractivity contribution in [3.63, 3.8) is 0 Å². The Balaban J connectivity index is 3.39. The van der Waals surface area contributed by atoms with E-state index in [1.54, 1.807) is 0 Å². The van der Waals surface area contributed by atoms with Crippen LogP contribution in [-0.2, 0) is 4.79 Å². The Labute approximate surface area is 87.3 Å². The average molecular weight is 195 g/mol. The fourth-order valence-electron chi connectivity index (χ4n) is 1.35. The Kier molecular flexibility index (Phi) is 8.27. The molecule has 0 spiro atoms. The maximum atomic E-state index is 11.3. The lowest BCUT2D eigenvalue weighted by Crippen LogP contribution is -2.08. The van der Waals surface area contributed by atoms with Crippen LogP contribution >= 0.6 is 0 Å². The molecule has 0 saturated carbocycles. The number of nitrogens with two attached hydrogens (primary N) is 1. The highest BCUT2D eigenvalue weighted by Crippen LogP contribution is 2.11. The molecule has 0 heterocycles. The Morgan fingerprint density at radius 3 is 2.71 bits per heavy atom. The zero-order valence-corrected chi connectivity index (χ0v) is 9.09. The topological polar surface area (TPSA) is 43.1 Å². The van der Waals surface area contributed by atoms with E-state index in [0.29, 0.717) is 37.5 Å². The van der Waals surface area contributed by atoms with Crippen molar-refractivity contribution in [1.82, 2.24) is 0 Å². The van der Waals surface area contributed by atoms with Crippen molar-refractivity contribution in [2.75, 3.05) is 6.54 Å². The molecule has 0 aliphatic carbocycles. The van der Waals surface area contributed by atoms with E-state index in [2.05, 4.69) is 12.8 Å². The molecule has 2 heteroatoms. The molecule has 0 rings (SSSR count). The average Bonchev–Trinajstić information content (AvgIpc) is 2.16. The van der Waals surface area contributed by atoms with Gasteiger partial charge >= 0.3 is 0 Å². The van der Waals surface area contributed by atoms with Crippen LogP contribution in [0.5, 0.6) is 0 Å². The molecular formula is C12H21NO. The van der Waals surface area contributed by atoms with Crippen molar-refractivity contribution in [3.8, 4) is 12.3 Å². The summed E-state index contributed by atoms with van der Waals surface area (Å²) in [7, 11) is 0. The highest BCUT2D eigenvalue weighted by molar-refractivity contribution is 5.78. The first kappa shape index (κ1) is 13.2. The zero-order valence-electron chi connectivity index (χ0n) is 9.09. The van der Waals surface area contributed by atoms with E-state index in [0.717, 1.165) is 19.3 Å². The Bertz CT molecular complexity index is 193. The summed E-state index contributed by atoms with van der Waals surface area (Å²) in [6.45, 7) is 2.86. The van der Waals surface area contributed by atoms with E-state index in [1.807, 2.05) is 0 Å². The van der Waals surface area contributed by atoms with Gasteiger partial charge in [0.1, 0.15) is 5.78 Å². The first-order chi connectivity index (χ1) is 6.70. The summed E-state index contributed by atoms with van der Waals surface area (Å²) < 4.78 is 0. The van der Waals surface area contributed by atoms with Gasteiger partial charge in [0.05, 0.1) is 0 Å². The monoisotopic (exact) mass is 195 g/mol. The Morgan fingerprint density at radius 2 is 2.14 bits per heavy atom. The predicted octanol–water partition coefficient (Wildman–Crippen LogP) is 2.12. The van der Waals surface area contributed by atoms with E-state index in [9.17, 15) is 4.79 Å². The number of ketones is 1. The third kappa shape index (κ3) is 7.82. The van der Waals surface area contributed by atoms with Crippen LogP contribution < -0.4 is 5.73 Å². The van der Waals surface area contributed by atoms with Crippen molar-refractivity contribution >= 4 is 5.78 Å². The molecular weight excluding hydrogens is 174 g/mol. The molecule has 0 amide bonds. The van der Waals surface area contributed by atoms with Crippen molar-refractivity contribution in [2.45, 2.75) is 45.4 Å². The largest absolute Gasteiger partial charge is 0.330 e. The number of hydrogen-bond acceptors (Lipinski definition) is 2. The lowest BCUT2D eigenvalue weighted by atomic mass is 9.98. The van der Waals surface area contributed by atoms with Crippen molar-refractivity contribution in [1.29, 1.82) is 0 Å². The second-order valence-electron chi connectivity index (χ2n) is 3.82. The van der Waals surface area contributed by atoms with Gasteiger partial charge in [-0.3, -0.25) is 4.79 Å². The molecule has 0 bridgehead atoms. The molecule has 0 aliphatic heterocycles. The smallest absolute Gasteiger partial charge is 0.132 e. The van der Waals surface area contributed by atoms with Gasteiger partial charge < -0.3 is 5.73 Å². The molecule has 1 atom stereocenters. The predicted molar refractivity (Wildman–Crippen MR) is 59.8 cm³/mol. The van der Waals surface area contributed by atoms with Crippen LogP contribution in [0, 0.1) is 18.3 Å². The zero-order chi connectivity index (χ0) is 10.8. The van der Waals surface area contributed by atoms with Crippen molar-refractivity contribution in [3.05, 3.63) is 0 Å². The van der Waals surface area contributed by atoms with Gasteiger partial charge in [-0.05, 0) is 31.7 Å². The normalized spacial score (nSPS) is 12.1. The molecule has 0 aromatic rings. The number of hydrogen-bond donors (Lipinski definition) is 1. The fourth-order valence-corrected chi connectivity index (χ4v) is 1.35. The van der Waals surface area contributed by atoms with E-state index >= 15 is 0 Å². The van der Waals surface area contributed by atoms with Crippen LogP contribution in [0.2, 0.25) is 0 Å². The molecule has 14 heavy (non-hydrogen) atoms. The van der Waals surface area contributed by atoms with Gasteiger partial charge in [-0.2, -0.15) is 0 Å². The summed E-state index contributed by atoms with van der Waals surface area (Å²) in [5.41, 5.74) is 5.43. The van der Waals surface area contributed by atoms with E-state index in [-0.39, 0.29) is 0 Å². The second-order valence-corrected chi connectivity index (χ2v) is 3.82. The van der Waals surface area contributed by atoms with Crippen LogP contribution in [-0.4, -0.2) is 12.3 Å². The van der Waals surface area contributed by atoms with Gasteiger partial charge in [0.25, 0.3) is 0 Å². The summed E-state index contributed by atoms with van der Waals surface area (Å²) in [6.07, 6.45) is 9.95. The quantitative estimate of drug-likeness (QED) is 0.476. The highest BCUT2D eigenvalue weighted by Gasteiger charge is 2.05. The standard InChI is InChI=1S/C12H21NO/c1-3-4-5-6-12(14)8-7-11(2)9-10-13/h1,11H,4-10,13H2,2H3. The fraction of sp³-hybridized carbons (Fsp3) is 0.750. The van der Waals surface area contributed by atoms with Crippen LogP contribution in [0.25, 0.3) is 0 Å². The Morgan fingerprint density at radius 1 is 1.43 bits per heavy atom. The van der Waals surface area contributed by atoms with Gasteiger partial charge in [0.15, 0.2) is 0 Å². The molecule has 0 aromatic carbocycles. The van der Waals surface area contributed by atoms with Crippen molar-refractivity contribution in [2.24, 2.45) is 11.7 Å². The molecule has 0 radical (unpaired) electrons. The second kappa shape index (κ2) is 8.77. The molecule has 80 valence electrons. The Hall–Kier alpha value is -0.810. The highest BCUT2D eigenvalue weighted by atomic mass is 16.1. The SMILES string of the molecule is C#CCCCC(=O)CCC(C)CCN.